The number of hydrogen-bond donors (Lipinski definition) is 0. The number of nitrogens with zero attached hydrogens (tertiary/aromatic N) is 3. The fourth-order valence-electron chi connectivity index (χ4n) is 7.61. The highest BCUT2D eigenvalue weighted by Gasteiger charge is 2.19. The molecular formula is C50H33N3. The van der Waals surface area contributed by atoms with Crippen LogP contribution in [0.4, 0.5) is 0 Å². The molecule has 248 valence electrons. The number of fused-ring (bicyclic) bond motifs is 5. The molecule has 10 aromatic rings. The van der Waals surface area contributed by atoms with Crippen LogP contribution in [0.2, 0.25) is 0 Å². The van der Waals surface area contributed by atoms with E-state index in [9.17, 15) is 0 Å². The SMILES string of the molecule is c1ccc(-c2cc(-c3ccccc3)cc(-n3c4ccc(-c5cc(-c6ccccc6)nc(-c6ccccc6)n5)cc4c4ccc5ccccc5c43)c2)cc1. The first-order valence-corrected chi connectivity index (χ1v) is 18.0. The van der Waals surface area contributed by atoms with Crippen molar-refractivity contribution in [3.05, 3.63) is 200 Å². The van der Waals surface area contributed by atoms with Crippen LogP contribution in [0.25, 0.3) is 94.4 Å². The van der Waals surface area contributed by atoms with E-state index >= 15 is 0 Å². The van der Waals surface area contributed by atoms with Gasteiger partial charge in [0.2, 0.25) is 0 Å². The third-order valence-electron chi connectivity index (χ3n) is 10.2. The van der Waals surface area contributed by atoms with Crippen LogP contribution >= 0.6 is 0 Å². The topological polar surface area (TPSA) is 30.7 Å². The Morgan fingerprint density at radius 2 is 0.868 bits per heavy atom. The van der Waals surface area contributed by atoms with Crippen molar-refractivity contribution < 1.29 is 0 Å². The summed E-state index contributed by atoms with van der Waals surface area (Å²) < 4.78 is 2.46. The van der Waals surface area contributed by atoms with Gasteiger partial charge in [0.15, 0.2) is 5.82 Å². The Balaban J connectivity index is 1.24. The summed E-state index contributed by atoms with van der Waals surface area (Å²) in [7, 11) is 0. The van der Waals surface area contributed by atoms with Crippen LogP contribution in [0.15, 0.2) is 200 Å². The predicted octanol–water partition coefficient (Wildman–Crippen LogP) is 13.1. The molecular weight excluding hydrogens is 643 g/mol. The second-order valence-electron chi connectivity index (χ2n) is 13.4. The molecule has 0 spiro atoms. The van der Waals surface area contributed by atoms with Gasteiger partial charge in [-0.3, -0.25) is 0 Å². The van der Waals surface area contributed by atoms with Crippen molar-refractivity contribution in [2.24, 2.45) is 0 Å². The third kappa shape index (κ3) is 5.56. The molecule has 0 radical (unpaired) electrons. The zero-order valence-electron chi connectivity index (χ0n) is 28.9. The second-order valence-corrected chi connectivity index (χ2v) is 13.4. The maximum atomic E-state index is 5.17. The monoisotopic (exact) mass is 675 g/mol. The van der Waals surface area contributed by atoms with E-state index in [1.165, 1.54) is 49.3 Å². The quantitative estimate of drug-likeness (QED) is 0.176. The molecule has 0 unspecified atom stereocenters. The Morgan fingerprint density at radius 3 is 1.51 bits per heavy atom. The Kier molecular flexibility index (Phi) is 7.47. The van der Waals surface area contributed by atoms with Gasteiger partial charge in [-0.1, -0.05) is 164 Å². The molecule has 0 fully saturated rings. The summed E-state index contributed by atoms with van der Waals surface area (Å²) in [5, 5.41) is 4.81. The van der Waals surface area contributed by atoms with Crippen LogP contribution in [0.1, 0.15) is 0 Å². The lowest BCUT2D eigenvalue weighted by Gasteiger charge is -2.15. The van der Waals surface area contributed by atoms with Crippen molar-refractivity contribution in [1.29, 1.82) is 0 Å². The zero-order chi connectivity index (χ0) is 35.1. The van der Waals surface area contributed by atoms with E-state index in [0.29, 0.717) is 5.82 Å². The molecule has 0 saturated carbocycles. The first-order chi connectivity index (χ1) is 26.3. The Morgan fingerprint density at radius 1 is 0.321 bits per heavy atom. The minimum absolute atomic E-state index is 0.710. The summed E-state index contributed by atoms with van der Waals surface area (Å²) in [5.74, 6) is 0.710. The molecule has 8 aromatic carbocycles. The molecule has 3 heteroatoms. The first-order valence-electron chi connectivity index (χ1n) is 18.0. The molecule has 0 amide bonds. The maximum Gasteiger partial charge on any atom is 0.160 e. The van der Waals surface area contributed by atoms with Gasteiger partial charge >= 0.3 is 0 Å². The van der Waals surface area contributed by atoms with Gasteiger partial charge in [0.25, 0.3) is 0 Å². The van der Waals surface area contributed by atoms with E-state index in [0.717, 1.165) is 39.3 Å². The minimum Gasteiger partial charge on any atom is -0.309 e. The standard InChI is InChI=1S/C50H33N3/c1-5-15-34(16-6-1)40-29-41(35-17-7-2-8-18-35)31-42(30-40)53-48-28-26-39(32-45(48)44-27-25-36-19-13-14-24-43(36)49(44)53)47-33-46(37-20-9-3-10-21-37)51-50(52-47)38-22-11-4-12-23-38/h1-33H. The smallest absolute Gasteiger partial charge is 0.160 e. The van der Waals surface area contributed by atoms with Crippen molar-refractivity contribution in [3.63, 3.8) is 0 Å². The maximum absolute atomic E-state index is 5.17. The highest BCUT2D eigenvalue weighted by Crippen LogP contribution is 2.40. The van der Waals surface area contributed by atoms with Crippen molar-refractivity contribution in [3.8, 4) is 61.8 Å². The van der Waals surface area contributed by atoms with Crippen LogP contribution < -0.4 is 0 Å². The highest BCUT2D eigenvalue weighted by molar-refractivity contribution is 6.19. The fourth-order valence-corrected chi connectivity index (χ4v) is 7.61. The molecule has 2 heterocycles. The average Bonchev–Trinajstić information content (AvgIpc) is 3.59. The average molecular weight is 676 g/mol. The molecule has 3 nitrogen and oxygen atoms in total. The third-order valence-corrected chi connectivity index (χ3v) is 10.2. The van der Waals surface area contributed by atoms with Gasteiger partial charge in [0.1, 0.15) is 0 Å². The van der Waals surface area contributed by atoms with Crippen molar-refractivity contribution >= 4 is 32.6 Å². The Hall–Kier alpha value is -7.10. The summed E-state index contributed by atoms with van der Waals surface area (Å²) in [6.45, 7) is 0. The number of aromatic nitrogens is 3. The largest absolute Gasteiger partial charge is 0.309 e. The summed E-state index contributed by atoms with van der Waals surface area (Å²) in [4.78, 5) is 10.2. The molecule has 0 saturated heterocycles. The fraction of sp³-hybridized carbons (Fsp3) is 0. The number of hydrogen-bond acceptors (Lipinski definition) is 2. The number of rotatable bonds is 6. The van der Waals surface area contributed by atoms with E-state index in [1.54, 1.807) is 0 Å². The van der Waals surface area contributed by atoms with E-state index in [1.807, 2.05) is 24.3 Å². The van der Waals surface area contributed by atoms with E-state index in [4.69, 9.17) is 9.97 Å². The molecule has 53 heavy (non-hydrogen) atoms. The van der Waals surface area contributed by atoms with Crippen molar-refractivity contribution in [1.82, 2.24) is 14.5 Å². The molecule has 10 rings (SSSR count). The summed E-state index contributed by atoms with van der Waals surface area (Å²) >= 11 is 0. The van der Waals surface area contributed by atoms with E-state index < -0.39 is 0 Å². The molecule has 0 atom stereocenters. The summed E-state index contributed by atoms with van der Waals surface area (Å²) in [5.41, 5.74) is 13.1. The number of benzene rings is 8. The molecule has 0 N–H and O–H groups in total. The lowest BCUT2D eigenvalue weighted by molar-refractivity contribution is 1.18. The van der Waals surface area contributed by atoms with Crippen LogP contribution in [-0.4, -0.2) is 14.5 Å². The lowest BCUT2D eigenvalue weighted by Crippen LogP contribution is -1.97. The van der Waals surface area contributed by atoms with Crippen LogP contribution in [-0.2, 0) is 0 Å². The molecule has 0 bridgehead atoms. The van der Waals surface area contributed by atoms with E-state index in [-0.39, 0.29) is 0 Å². The van der Waals surface area contributed by atoms with Crippen molar-refractivity contribution in [2.75, 3.05) is 0 Å². The van der Waals surface area contributed by atoms with Gasteiger partial charge in [-0.25, -0.2) is 9.97 Å². The van der Waals surface area contributed by atoms with Crippen LogP contribution in [0, 0.1) is 0 Å². The molecule has 0 aliphatic heterocycles. The molecule has 0 aliphatic rings. The summed E-state index contributed by atoms with van der Waals surface area (Å²) in [6.07, 6.45) is 0. The van der Waals surface area contributed by atoms with Gasteiger partial charge < -0.3 is 4.57 Å². The predicted molar refractivity (Wildman–Crippen MR) is 221 cm³/mol. The highest BCUT2D eigenvalue weighted by atomic mass is 15.0. The van der Waals surface area contributed by atoms with E-state index in [2.05, 4.69) is 180 Å². The molecule has 0 aliphatic carbocycles. The van der Waals surface area contributed by atoms with Gasteiger partial charge in [0, 0.05) is 38.5 Å². The van der Waals surface area contributed by atoms with Gasteiger partial charge in [-0.2, -0.15) is 0 Å². The van der Waals surface area contributed by atoms with Crippen LogP contribution in [0.5, 0.6) is 0 Å². The lowest BCUT2D eigenvalue weighted by atomic mass is 9.98. The Bertz CT molecular complexity index is 2800. The van der Waals surface area contributed by atoms with Gasteiger partial charge in [0.05, 0.1) is 22.4 Å². The second kappa shape index (κ2) is 12.9. The summed E-state index contributed by atoms with van der Waals surface area (Å²) in [6, 6.07) is 71.1. The Labute approximate surface area is 308 Å². The minimum atomic E-state index is 0.710. The van der Waals surface area contributed by atoms with Gasteiger partial charge in [-0.05, 0) is 64.0 Å². The molecule has 2 aromatic heterocycles. The normalized spacial score (nSPS) is 11.4. The van der Waals surface area contributed by atoms with Crippen molar-refractivity contribution in [2.45, 2.75) is 0 Å². The van der Waals surface area contributed by atoms with Gasteiger partial charge in [-0.15, -0.1) is 0 Å². The first kappa shape index (κ1) is 30.7. The van der Waals surface area contributed by atoms with Crippen LogP contribution in [0.3, 0.4) is 0 Å². The zero-order valence-corrected chi connectivity index (χ0v) is 28.9.